The number of aromatic nitrogens is 3. The van der Waals surface area contributed by atoms with Gasteiger partial charge in [-0.25, -0.2) is 4.68 Å². The molecule has 0 fully saturated rings. The van der Waals surface area contributed by atoms with Crippen molar-refractivity contribution < 1.29 is 4.79 Å². The molecule has 0 bridgehead atoms. The Labute approximate surface area is 172 Å². The second-order valence-corrected chi connectivity index (χ2v) is 8.34. The summed E-state index contributed by atoms with van der Waals surface area (Å²) < 4.78 is 1.84. The number of benzene rings is 2. The first-order valence-corrected chi connectivity index (χ1v) is 10.2. The van der Waals surface area contributed by atoms with E-state index >= 15 is 0 Å². The van der Waals surface area contributed by atoms with Crippen molar-refractivity contribution in [3.63, 3.8) is 0 Å². The molecule has 2 N–H and O–H groups in total. The minimum Gasteiger partial charge on any atom is -0.325 e. The summed E-state index contributed by atoms with van der Waals surface area (Å²) >= 11 is 7.61. The highest BCUT2D eigenvalue weighted by Crippen LogP contribution is 2.38. The average Bonchev–Trinajstić information content (AvgIpc) is 3.05. The number of nitrogens with one attached hydrogen (secondary N) is 2. The SMILES string of the molecule is Cc1ccc([C@H]2Nn3c(C)nnc3S[C@H]2C(=O)Nc2cccc(Cl)c2C)cc1. The summed E-state index contributed by atoms with van der Waals surface area (Å²) in [6, 6.07) is 13.4. The van der Waals surface area contributed by atoms with Crippen LogP contribution in [0.1, 0.15) is 28.6 Å². The van der Waals surface area contributed by atoms with Crippen molar-refractivity contribution >= 4 is 35.0 Å². The number of aryl methyl sites for hydroxylation is 2. The number of rotatable bonds is 3. The predicted molar refractivity (Wildman–Crippen MR) is 113 cm³/mol. The van der Waals surface area contributed by atoms with Crippen LogP contribution in [0.3, 0.4) is 0 Å². The van der Waals surface area contributed by atoms with E-state index < -0.39 is 5.25 Å². The molecule has 2 heterocycles. The Kier molecular flexibility index (Phi) is 5.03. The highest BCUT2D eigenvalue weighted by Gasteiger charge is 2.37. The summed E-state index contributed by atoms with van der Waals surface area (Å²) in [7, 11) is 0. The number of fused-ring (bicyclic) bond motifs is 1. The lowest BCUT2D eigenvalue weighted by atomic mass is 10.0. The largest absolute Gasteiger partial charge is 0.325 e. The quantitative estimate of drug-likeness (QED) is 0.671. The third-order valence-electron chi connectivity index (χ3n) is 4.82. The van der Waals surface area contributed by atoms with Gasteiger partial charge in [0.05, 0.1) is 6.04 Å². The van der Waals surface area contributed by atoms with E-state index in [1.807, 2.05) is 67.9 Å². The highest BCUT2D eigenvalue weighted by atomic mass is 35.5. The van der Waals surface area contributed by atoms with E-state index in [4.69, 9.17) is 11.6 Å². The van der Waals surface area contributed by atoms with E-state index in [1.165, 1.54) is 17.3 Å². The number of thioether (sulfide) groups is 1. The van der Waals surface area contributed by atoms with Crippen LogP contribution in [-0.4, -0.2) is 26.0 Å². The Morgan fingerprint density at radius 1 is 1.14 bits per heavy atom. The van der Waals surface area contributed by atoms with Gasteiger partial charge in [-0.05, 0) is 44.0 Å². The molecule has 6 nitrogen and oxygen atoms in total. The first-order chi connectivity index (χ1) is 13.4. The van der Waals surface area contributed by atoms with E-state index in [2.05, 4.69) is 20.9 Å². The number of nitrogens with zero attached hydrogens (tertiary/aromatic N) is 3. The van der Waals surface area contributed by atoms with Gasteiger partial charge in [0.1, 0.15) is 11.1 Å². The van der Waals surface area contributed by atoms with Gasteiger partial charge in [-0.2, -0.15) is 0 Å². The Morgan fingerprint density at radius 2 is 1.89 bits per heavy atom. The summed E-state index contributed by atoms with van der Waals surface area (Å²) in [5, 5.41) is 12.2. The van der Waals surface area contributed by atoms with Gasteiger partial charge < -0.3 is 10.7 Å². The Hall–Kier alpha value is -2.51. The summed E-state index contributed by atoms with van der Waals surface area (Å²) in [6.07, 6.45) is 0. The van der Waals surface area contributed by atoms with Gasteiger partial charge in [-0.3, -0.25) is 4.79 Å². The molecule has 0 unspecified atom stereocenters. The molecule has 0 radical (unpaired) electrons. The molecule has 4 rings (SSSR count). The monoisotopic (exact) mass is 413 g/mol. The van der Waals surface area contributed by atoms with Gasteiger partial charge in [0.15, 0.2) is 0 Å². The first-order valence-electron chi connectivity index (χ1n) is 8.92. The molecular weight excluding hydrogens is 394 g/mol. The molecule has 8 heteroatoms. The van der Waals surface area contributed by atoms with Gasteiger partial charge in [-0.15, -0.1) is 10.2 Å². The number of anilines is 1. The van der Waals surface area contributed by atoms with Gasteiger partial charge in [0.2, 0.25) is 11.1 Å². The van der Waals surface area contributed by atoms with Crippen molar-refractivity contribution in [1.82, 2.24) is 14.9 Å². The van der Waals surface area contributed by atoms with Crippen LogP contribution in [0, 0.1) is 20.8 Å². The van der Waals surface area contributed by atoms with Crippen molar-refractivity contribution in [3.8, 4) is 0 Å². The van der Waals surface area contributed by atoms with E-state index in [0.717, 1.165) is 17.0 Å². The van der Waals surface area contributed by atoms with Crippen molar-refractivity contribution in [2.24, 2.45) is 0 Å². The smallest absolute Gasteiger partial charge is 0.240 e. The number of hydrogen-bond acceptors (Lipinski definition) is 5. The Morgan fingerprint density at radius 3 is 2.64 bits per heavy atom. The van der Waals surface area contributed by atoms with Crippen LogP contribution in [0.5, 0.6) is 0 Å². The van der Waals surface area contributed by atoms with Crippen LogP contribution in [0.25, 0.3) is 0 Å². The third kappa shape index (κ3) is 3.47. The fourth-order valence-electron chi connectivity index (χ4n) is 3.13. The molecule has 0 saturated carbocycles. The van der Waals surface area contributed by atoms with Crippen molar-refractivity contribution in [2.45, 2.75) is 37.2 Å². The summed E-state index contributed by atoms with van der Waals surface area (Å²) in [4.78, 5) is 13.2. The van der Waals surface area contributed by atoms with Crippen LogP contribution in [0.2, 0.25) is 5.02 Å². The third-order valence-corrected chi connectivity index (χ3v) is 6.44. The van der Waals surface area contributed by atoms with Crippen molar-refractivity contribution in [2.75, 3.05) is 10.7 Å². The summed E-state index contributed by atoms with van der Waals surface area (Å²) in [6.45, 7) is 5.81. The zero-order valence-corrected chi connectivity index (χ0v) is 17.3. The second kappa shape index (κ2) is 7.48. The number of halogens is 1. The van der Waals surface area contributed by atoms with E-state index in [9.17, 15) is 4.79 Å². The first kappa shape index (κ1) is 18.8. The van der Waals surface area contributed by atoms with Gasteiger partial charge in [0, 0.05) is 10.7 Å². The van der Waals surface area contributed by atoms with E-state index in [-0.39, 0.29) is 11.9 Å². The molecule has 1 aliphatic heterocycles. The molecule has 0 aliphatic carbocycles. The zero-order chi connectivity index (χ0) is 19.8. The number of carbonyl (C=O) groups excluding carboxylic acids is 1. The number of hydrogen-bond donors (Lipinski definition) is 2. The lowest BCUT2D eigenvalue weighted by molar-refractivity contribution is -0.116. The molecule has 2 atom stereocenters. The topological polar surface area (TPSA) is 71.8 Å². The molecule has 0 saturated heterocycles. The van der Waals surface area contributed by atoms with Crippen LogP contribution >= 0.6 is 23.4 Å². The summed E-state index contributed by atoms with van der Waals surface area (Å²) in [5.74, 6) is 0.643. The fraction of sp³-hybridized carbons (Fsp3) is 0.250. The highest BCUT2D eigenvalue weighted by molar-refractivity contribution is 8.00. The molecule has 1 amide bonds. The Bertz CT molecular complexity index is 1030. The number of carbonyl (C=O) groups is 1. The van der Waals surface area contributed by atoms with Gasteiger partial charge >= 0.3 is 0 Å². The number of amides is 1. The van der Waals surface area contributed by atoms with Crippen LogP contribution < -0.4 is 10.7 Å². The maximum absolute atomic E-state index is 13.2. The fourth-order valence-corrected chi connectivity index (χ4v) is 4.43. The lowest BCUT2D eigenvalue weighted by Crippen LogP contribution is -2.41. The maximum atomic E-state index is 13.2. The minimum absolute atomic E-state index is 0.111. The predicted octanol–water partition coefficient (Wildman–Crippen LogP) is 4.25. The van der Waals surface area contributed by atoms with Crippen molar-refractivity contribution in [1.29, 1.82) is 0 Å². The normalized spacial score (nSPS) is 18.3. The molecule has 1 aliphatic rings. The molecule has 1 aromatic heterocycles. The van der Waals surface area contributed by atoms with E-state index in [0.29, 0.717) is 15.9 Å². The molecule has 144 valence electrons. The summed E-state index contributed by atoms with van der Waals surface area (Å²) in [5.41, 5.74) is 7.16. The molecule has 0 spiro atoms. The maximum Gasteiger partial charge on any atom is 0.240 e. The van der Waals surface area contributed by atoms with E-state index in [1.54, 1.807) is 0 Å². The van der Waals surface area contributed by atoms with Crippen LogP contribution in [-0.2, 0) is 4.79 Å². The zero-order valence-electron chi connectivity index (χ0n) is 15.7. The van der Waals surface area contributed by atoms with Gasteiger partial charge in [0.25, 0.3) is 0 Å². The van der Waals surface area contributed by atoms with Crippen LogP contribution in [0.4, 0.5) is 5.69 Å². The van der Waals surface area contributed by atoms with Crippen molar-refractivity contribution in [3.05, 3.63) is 70.0 Å². The van der Waals surface area contributed by atoms with Crippen LogP contribution in [0.15, 0.2) is 47.6 Å². The molecule has 28 heavy (non-hydrogen) atoms. The standard InChI is InChI=1S/C20H20ClN5OS/c1-11-7-9-14(10-8-11)17-18(28-20-24-23-13(3)26(20)25-17)19(27)22-16-6-4-5-15(21)12(16)2/h4-10,17-18,25H,1-3H3,(H,22,27)/t17-,18-/m1/s1. The molecule has 2 aromatic carbocycles. The second-order valence-electron chi connectivity index (χ2n) is 6.82. The Balaban J connectivity index is 1.68. The lowest BCUT2D eigenvalue weighted by Gasteiger charge is -2.33. The molecular formula is C20H20ClN5OS. The minimum atomic E-state index is -0.419. The average molecular weight is 414 g/mol. The molecule has 3 aromatic rings. The van der Waals surface area contributed by atoms with Gasteiger partial charge in [-0.1, -0.05) is 59.3 Å².